The van der Waals surface area contributed by atoms with Crippen LogP contribution in [0.1, 0.15) is 31.2 Å². The number of hydrogen-bond donors (Lipinski definition) is 1. The fourth-order valence-corrected chi connectivity index (χ4v) is 5.74. The van der Waals surface area contributed by atoms with Crippen LogP contribution in [0, 0.1) is 5.92 Å². The number of nitrogens with zero attached hydrogens (tertiary/aromatic N) is 5. The SMILES string of the molecule is Cn1ncc2cc(-c3ccc(C4=NC5(CC5)C(=O)N4CC4CN(C(=O)C5(O)CC5)C4)cc3Cl)ccc21. The van der Waals surface area contributed by atoms with Gasteiger partial charge in [-0.25, -0.2) is 0 Å². The molecule has 0 bridgehead atoms. The van der Waals surface area contributed by atoms with Crippen LogP contribution in [0.15, 0.2) is 47.6 Å². The van der Waals surface area contributed by atoms with Crippen molar-refractivity contribution in [1.82, 2.24) is 19.6 Å². The number of rotatable bonds is 5. The zero-order valence-electron chi connectivity index (χ0n) is 19.9. The van der Waals surface area contributed by atoms with E-state index < -0.39 is 11.1 Å². The van der Waals surface area contributed by atoms with Crippen molar-refractivity contribution in [2.75, 3.05) is 19.6 Å². The first-order valence-corrected chi connectivity index (χ1v) is 12.8. The molecular formula is C27H26ClN5O3. The fourth-order valence-electron chi connectivity index (χ4n) is 5.45. The van der Waals surface area contributed by atoms with Gasteiger partial charge in [0.05, 0.1) is 11.7 Å². The number of amidine groups is 1. The van der Waals surface area contributed by atoms with E-state index in [0.29, 0.717) is 43.3 Å². The number of likely N-dealkylation sites (tertiary alicyclic amines) is 1. The summed E-state index contributed by atoms with van der Waals surface area (Å²) in [6.07, 6.45) is 4.47. The van der Waals surface area contributed by atoms with Gasteiger partial charge in [0.1, 0.15) is 17.0 Å². The Bertz CT molecular complexity index is 1480. The first kappa shape index (κ1) is 22.0. The van der Waals surface area contributed by atoms with E-state index in [9.17, 15) is 14.7 Å². The predicted molar refractivity (Wildman–Crippen MR) is 136 cm³/mol. The van der Waals surface area contributed by atoms with Gasteiger partial charge >= 0.3 is 0 Å². The molecule has 2 aromatic carbocycles. The Morgan fingerprint density at radius 3 is 2.56 bits per heavy atom. The van der Waals surface area contributed by atoms with E-state index in [1.807, 2.05) is 48.3 Å². The van der Waals surface area contributed by atoms with Gasteiger partial charge in [-0.15, -0.1) is 0 Å². The second-order valence-electron chi connectivity index (χ2n) is 10.7. The average Bonchev–Trinajstić information content (AvgIpc) is 3.74. The average molecular weight is 504 g/mol. The summed E-state index contributed by atoms with van der Waals surface area (Å²) in [5.74, 6) is 0.704. The summed E-state index contributed by atoms with van der Waals surface area (Å²) < 4.78 is 1.84. The number of carbonyl (C=O) groups is 2. The van der Waals surface area contributed by atoms with Gasteiger partial charge in [0.2, 0.25) is 0 Å². The van der Waals surface area contributed by atoms with Crippen molar-refractivity contribution < 1.29 is 14.7 Å². The largest absolute Gasteiger partial charge is 0.380 e. The predicted octanol–water partition coefficient (Wildman–Crippen LogP) is 3.00. The molecule has 4 aliphatic rings. The molecule has 2 aliphatic heterocycles. The van der Waals surface area contributed by atoms with Gasteiger partial charge in [-0.2, -0.15) is 5.10 Å². The minimum Gasteiger partial charge on any atom is -0.380 e. The molecule has 0 unspecified atom stereocenters. The standard InChI is InChI=1S/C27H26ClN5O3/c1-31-22-5-3-17(10-19(22)12-29-31)20-4-2-18(11-21(20)28)23-30-26(6-7-26)24(34)33(23)15-16-13-32(14-16)25(35)27(36)8-9-27/h2-5,10-12,16,36H,6-9,13-15H2,1H3. The van der Waals surface area contributed by atoms with Crippen LogP contribution in [-0.4, -0.2) is 73.1 Å². The Kier molecular flexibility index (Phi) is 4.52. The zero-order chi connectivity index (χ0) is 24.8. The molecule has 184 valence electrons. The number of hydrogen-bond acceptors (Lipinski definition) is 5. The molecule has 9 heteroatoms. The third-order valence-electron chi connectivity index (χ3n) is 8.03. The lowest BCUT2D eigenvalue weighted by Crippen LogP contribution is -2.57. The summed E-state index contributed by atoms with van der Waals surface area (Å²) in [7, 11) is 1.92. The van der Waals surface area contributed by atoms with Gasteiger partial charge in [0.25, 0.3) is 11.8 Å². The van der Waals surface area contributed by atoms with Crippen molar-refractivity contribution in [3.8, 4) is 11.1 Å². The molecular weight excluding hydrogens is 478 g/mol. The summed E-state index contributed by atoms with van der Waals surface area (Å²) in [6.45, 7) is 1.63. The summed E-state index contributed by atoms with van der Waals surface area (Å²) in [4.78, 5) is 34.0. The number of halogens is 1. The molecule has 0 atom stereocenters. The first-order valence-electron chi connectivity index (χ1n) is 12.4. The van der Waals surface area contributed by atoms with Crippen LogP contribution < -0.4 is 0 Å². The van der Waals surface area contributed by atoms with E-state index in [1.165, 1.54) is 0 Å². The van der Waals surface area contributed by atoms with Crippen molar-refractivity contribution in [3.05, 3.63) is 53.2 Å². The van der Waals surface area contributed by atoms with Crippen molar-refractivity contribution in [1.29, 1.82) is 0 Å². The monoisotopic (exact) mass is 503 g/mol. The molecule has 36 heavy (non-hydrogen) atoms. The molecule has 1 spiro atoms. The number of amides is 2. The smallest absolute Gasteiger partial charge is 0.256 e. The van der Waals surface area contributed by atoms with Gasteiger partial charge in [-0.05, 0) is 49.4 Å². The number of carbonyl (C=O) groups excluding carboxylic acids is 2. The van der Waals surface area contributed by atoms with Gasteiger partial charge in [-0.3, -0.25) is 24.2 Å². The van der Waals surface area contributed by atoms with E-state index in [2.05, 4.69) is 11.2 Å². The Balaban J connectivity index is 1.13. The molecule has 2 amide bonds. The van der Waals surface area contributed by atoms with Crippen molar-refractivity contribution in [2.24, 2.45) is 18.0 Å². The number of fused-ring (bicyclic) bond motifs is 1. The van der Waals surface area contributed by atoms with E-state index in [4.69, 9.17) is 16.6 Å². The number of aromatic nitrogens is 2. The Morgan fingerprint density at radius 1 is 1.11 bits per heavy atom. The molecule has 2 saturated carbocycles. The maximum atomic E-state index is 13.3. The molecule has 3 aromatic rings. The van der Waals surface area contributed by atoms with E-state index in [-0.39, 0.29) is 17.7 Å². The molecule has 7 rings (SSSR count). The van der Waals surface area contributed by atoms with Crippen LogP contribution >= 0.6 is 11.6 Å². The van der Waals surface area contributed by atoms with Crippen LogP contribution in [0.3, 0.4) is 0 Å². The zero-order valence-corrected chi connectivity index (χ0v) is 20.7. The molecule has 8 nitrogen and oxygen atoms in total. The van der Waals surface area contributed by atoms with Gasteiger partial charge < -0.3 is 10.0 Å². The highest BCUT2D eigenvalue weighted by Gasteiger charge is 2.58. The molecule has 0 radical (unpaired) electrons. The molecule has 3 heterocycles. The van der Waals surface area contributed by atoms with Crippen LogP contribution in [0.5, 0.6) is 0 Å². The topological polar surface area (TPSA) is 91.0 Å². The lowest BCUT2D eigenvalue weighted by atomic mass is 9.97. The number of benzene rings is 2. The van der Waals surface area contributed by atoms with Crippen LogP contribution in [0.4, 0.5) is 0 Å². The van der Waals surface area contributed by atoms with Crippen LogP contribution in [-0.2, 0) is 16.6 Å². The van der Waals surface area contributed by atoms with E-state index in [1.54, 1.807) is 9.80 Å². The maximum Gasteiger partial charge on any atom is 0.256 e. The lowest BCUT2D eigenvalue weighted by molar-refractivity contribution is -0.149. The highest BCUT2D eigenvalue weighted by atomic mass is 35.5. The Labute approximate surface area is 213 Å². The Morgan fingerprint density at radius 2 is 1.86 bits per heavy atom. The minimum absolute atomic E-state index is 0.0466. The van der Waals surface area contributed by atoms with Crippen molar-refractivity contribution >= 4 is 40.2 Å². The van der Waals surface area contributed by atoms with Gasteiger partial charge in [-0.1, -0.05) is 29.8 Å². The lowest BCUT2D eigenvalue weighted by Gasteiger charge is -2.42. The van der Waals surface area contributed by atoms with E-state index in [0.717, 1.165) is 40.4 Å². The van der Waals surface area contributed by atoms with Gasteiger partial charge in [0, 0.05) is 54.1 Å². The number of aliphatic hydroxyl groups is 1. The van der Waals surface area contributed by atoms with Gasteiger partial charge in [0.15, 0.2) is 0 Å². The van der Waals surface area contributed by atoms with Crippen LogP contribution in [0.25, 0.3) is 22.0 Å². The highest BCUT2D eigenvalue weighted by Crippen LogP contribution is 2.47. The second kappa shape index (κ2) is 7.40. The molecule has 1 saturated heterocycles. The van der Waals surface area contributed by atoms with Crippen LogP contribution in [0.2, 0.25) is 5.02 Å². The molecule has 1 N–H and O–H groups in total. The maximum absolute atomic E-state index is 13.3. The Hall–Kier alpha value is -3.23. The highest BCUT2D eigenvalue weighted by molar-refractivity contribution is 6.34. The quantitative estimate of drug-likeness (QED) is 0.579. The molecule has 2 aliphatic carbocycles. The first-order chi connectivity index (χ1) is 17.3. The summed E-state index contributed by atoms with van der Waals surface area (Å²) in [6, 6.07) is 12.0. The third kappa shape index (κ3) is 3.31. The van der Waals surface area contributed by atoms with Crippen molar-refractivity contribution in [2.45, 2.75) is 36.8 Å². The number of aliphatic imine (C=N–C) groups is 1. The molecule has 1 aromatic heterocycles. The summed E-state index contributed by atoms with van der Waals surface area (Å²) >= 11 is 6.77. The summed E-state index contributed by atoms with van der Waals surface area (Å²) in [5.41, 5.74) is 2.03. The van der Waals surface area contributed by atoms with Crippen molar-refractivity contribution in [3.63, 3.8) is 0 Å². The third-order valence-corrected chi connectivity index (χ3v) is 8.35. The fraction of sp³-hybridized carbons (Fsp3) is 0.407. The summed E-state index contributed by atoms with van der Waals surface area (Å²) in [5, 5.41) is 16.1. The van der Waals surface area contributed by atoms with E-state index >= 15 is 0 Å². The molecule has 3 fully saturated rings. The number of aryl methyl sites for hydroxylation is 1. The normalized spacial score (nSPS) is 21.8. The second-order valence-corrected chi connectivity index (χ2v) is 11.1. The minimum atomic E-state index is -1.14.